The number of pyridine rings is 1. The lowest BCUT2D eigenvalue weighted by molar-refractivity contribution is -0.120. The topological polar surface area (TPSA) is 92.1 Å². The van der Waals surface area contributed by atoms with Gasteiger partial charge in [0.25, 0.3) is 0 Å². The number of aryl methyl sites for hydroxylation is 1. The Hall–Kier alpha value is -3.53. The number of amides is 1. The Morgan fingerprint density at radius 3 is 2.59 bits per heavy atom. The number of rotatable bonds is 6. The monoisotopic (exact) mass is 536 g/mol. The molecule has 4 heterocycles. The van der Waals surface area contributed by atoms with Crippen molar-refractivity contribution in [2.75, 3.05) is 30.9 Å². The first-order valence-corrected chi connectivity index (χ1v) is 12.6. The van der Waals surface area contributed by atoms with Crippen LogP contribution in [0.25, 0.3) is 16.9 Å². The number of carbonyl (C=O) groups excluding carboxylic acids is 1. The molecule has 0 spiro atoms. The van der Waals surface area contributed by atoms with E-state index in [0.717, 1.165) is 29.1 Å². The molecule has 11 heteroatoms. The van der Waals surface area contributed by atoms with E-state index in [1.54, 1.807) is 29.3 Å². The minimum absolute atomic E-state index is 0.139. The Labute approximate surface area is 225 Å². The quantitative estimate of drug-likeness (QED) is 0.364. The highest BCUT2D eigenvalue weighted by Crippen LogP contribution is 2.30. The molecule has 4 aromatic rings. The molecule has 1 aromatic carbocycles. The smallest absolute Gasteiger partial charge is 0.228 e. The summed E-state index contributed by atoms with van der Waals surface area (Å²) in [6.07, 6.45) is 8.20. The summed E-state index contributed by atoms with van der Waals surface area (Å²) in [5, 5.41) is 8.56. The third-order valence-electron chi connectivity index (χ3n) is 6.45. The highest BCUT2D eigenvalue weighted by atomic mass is 35.5. The predicted molar refractivity (Wildman–Crippen MR) is 146 cm³/mol. The van der Waals surface area contributed by atoms with E-state index in [1.807, 2.05) is 56.4 Å². The van der Waals surface area contributed by atoms with Gasteiger partial charge in [0.1, 0.15) is 0 Å². The molecular formula is C26H26Cl2N8O. The molecule has 1 fully saturated rings. The second-order valence-corrected chi connectivity index (χ2v) is 9.91. The minimum Gasteiger partial charge on any atom is -0.324 e. The van der Waals surface area contributed by atoms with Crippen LogP contribution in [0.2, 0.25) is 10.0 Å². The molecule has 0 saturated carbocycles. The van der Waals surface area contributed by atoms with Crippen LogP contribution < -0.4 is 10.2 Å². The van der Waals surface area contributed by atoms with Gasteiger partial charge in [0.15, 0.2) is 0 Å². The van der Waals surface area contributed by atoms with Crippen molar-refractivity contribution in [1.29, 1.82) is 0 Å². The van der Waals surface area contributed by atoms with E-state index in [2.05, 4.69) is 30.3 Å². The van der Waals surface area contributed by atoms with E-state index in [4.69, 9.17) is 23.2 Å². The maximum atomic E-state index is 12.7. The summed E-state index contributed by atoms with van der Waals surface area (Å²) in [5.41, 5.74) is 4.37. The molecule has 1 saturated heterocycles. The van der Waals surface area contributed by atoms with Gasteiger partial charge in [0.05, 0.1) is 39.5 Å². The summed E-state index contributed by atoms with van der Waals surface area (Å²) in [7, 11) is 4.03. The Morgan fingerprint density at radius 1 is 1.08 bits per heavy atom. The van der Waals surface area contributed by atoms with Gasteiger partial charge >= 0.3 is 0 Å². The van der Waals surface area contributed by atoms with Crippen LogP contribution in [0.1, 0.15) is 18.5 Å². The summed E-state index contributed by atoms with van der Waals surface area (Å²) >= 11 is 12.8. The first-order chi connectivity index (χ1) is 17.8. The first kappa shape index (κ1) is 25.1. The summed E-state index contributed by atoms with van der Waals surface area (Å²) < 4.78 is 1.67. The first-order valence-electron chi connectivity index (χ1n) is 11.8. The molecule has 0 aliphatic carbocycles. The number of nitrogens with zero attached hydrogens (tertiary/aromatic N) is 7. The van der Waals surface area contributed by atoms with Gasteiger partial charge in [0.2, 0.25) is 11.9 Å². The molecule has 1 amide bonds. The molecule has 1 aliphatic heterocycles. The average Bonchev–Trinajstić information content (AvgIpc) is 3.37. The lowest BCUT2D eigenvalue weighted by atomic mass is 10.0. The highest BCUT2D eigenvalue weighted by molar-refractivity contribution is 6.33. The SMILES string of the molecule is Cc1nccc(-n2cc(-c3nc(Nc4ccc(N5CC[C@H](N(C)C)CC5=O)cc4)ncc3Cl)cn2)c1Cl. The van der Waals surface area contributed by atoms with Crippen LogP contribution in [-0.4, -0.2) is 62.2 Å². The van der Waals surface area contributed by atoms with Crippen LogP contribution in [0.3, 0.4) is 0 Å². The molecule has 1 atom stereocenters. The number of aromatic nitrogens is 5. The average molecular weight is 537 g/mol. The van der Waals surface area contributed by atoms with Crippen LogP contribution in [0.4, 0.5) is 17.3 Å². The number of nitrogens with one attached hydrogen (secondary N) is 1. The summed E-state index contributed by atoms with van der Waals surface area (Å²) in [6.45, 7) is 2.54. The van der Waals surface area contributed by atoms with Gasteiger partial charge in [-0.15, -0.1) is 0 Å². The standard InChI is InChI=1S/C26H26Cl2N8O/c1-16-24(28)22(8-10-29-16)36-15-17(13-31-36)25-21(27)14-30-26(33-25)32-18-4-6-19(7-5-18)35-11-9-20(34(2)3)12-23(35)37/h4-8,10,13-15,20H,9,11-12H2,1-3H3,(H,30,32,33)/t20-/m0/s1. The predicted octanol–water partition coefficient (Wildman–Crippen LogP) is 5.14. The normalized spacial score (nSPS) is 15.9. The largest absolute Gasteiger partial charge is 0.324 e. The molecule has 0 unspecified atom stereocenters. The van der Waals surface area contributed by atoms with Crippen molar-refractivity contribution >= 4 is 46.4 Å². The van der Waals surface area contributed by atoms with E-state index >= 15 is 0 Å². The van der Waals surface area contributed by atoms with Crippen molar-refractivity contribution in [2.45, 2.75) is 25.8 Å². The second kappa shape index (κ2) is 10.5. The van der Waals surface area contributed by atoms with E-state index in [0.29, 0.717) is 46.4 Å². The molecule has 0 radical (unpaired) electrons. The van der Waals surface area contributed by atoms with Gasteiger partial charge in [-0.25, -0.2) is 14.6 Å². The molecule has 1 aliphatic rings. The fraction of sp³-hybridized carbons (Fsp3) is 0.269. The van der Waals surface area contributed by atoms with E-state index < -0.39 is 0 Å². The van der Waals surface area contributed by atoms with Crippen molar-refractivity contribution < 1.29 is 4.79 Å². The molecule has 190 valence electrons. The van der Waals surface area contributed by atoms with Crippen LogP contribution in [-0.2, 0) is 4.79 Å². The molecule has 0 bridgehead atoms. The molecule has 3 aromatic heterocycles. The highest BCUT2D eigenvalue weighted by Gasteiger charge is 2.27. The van der Waals surface area contributed by atoms with Gasteiger partial charge < -0.3 is 15.1 Å². The number of piperidine rings is 1. The molecule has 37 heavy (non-hydrogen) atoms. The minimum atomic E-state index is 0.139. The third kappa shape index (κ3) is 5.29. The zero-order valence-electron chi connectivity index (χ0n) is 20.7. The fourth-order valence-electron chi connectivity index (χ4n) is 4.30. The molecule has 1 N–H and O–H groups in total. The van der Waals surface area contributed by atoms with Crippen LogP contribution in [0, 0.1) is 6.92 Å². The van der Waals surface area contributed by atoms with Crippen molar-refractivity contribution in [3.8, 4) is 16.9 Å². The van der Waals surface area contributed by atoms with Crippen molar-refractivity contribution in [1.82, 2.24) is 29.6 Å². The summed E-state index contributed by atoms with van der Waals surface area (Å²) in [4.78, 5) is 29.7. The Balaban J connectivity index is 1.32. The van der Waals surface area contributed by atoms with Crippen molar-refractivity contribution in [2.24, 2.45) is 0 Å². The maximum absolute atomic E-state index is 12.7. The van der Waals surface area contributed by atoms with Gasteiger partial charge in [-0.3, -0.25) is 9.78 Å². The summed E-state index contributed by atoms with van der Waals surface area (Å²) in [6, 6.07) is 9.75. The van der Waals surface area contributed by atoms with Gasteiger partial charge in [-0.2, -0.15) is 5.10 Å². The number of hydrogen-bond donors (Lipinski definition) is 1. The third-order valence-corrected chi connectivity index (χ3v) is 7.20. The zero-order chi connectivity index (χ0) is 26.1. The molecule has 9 nitrogen and oxygen atoms in total. The number of anilines is 3. The lowest BCUT2D eigenvalue weighted by Gasteiger charge is -2.34. The van der Waals surface area contributed by atoms with Crippen LogP contribution in [0.5, 0.6) is 0 Å². The molecular weight excluding hydrogens is 511 g/mol. The Kier molecular flexibility index (Phi) is 7.10. The maximum Gasteiger partial charge on any atom is 0.228 e. The van der Waals surface area contributed by atoms with Gasteiger partial charge in [-0.1, -0.05) is 23.2 Å². The van der Waals surface area contributed by atoms with Crippen molar-refractivity contribution in [3.05, 3.63) is 70.9 Å². The number of carbonyl (C=O) groups is 1. The lowest BCUT2D eigenvalue weighted by Crippen LogP contribution is -2.45. The number of hydrogen-bond acceptors (Lipinski definition) is 7. The van der Waals surface area contributed by atoms with Crippen LogP contribution >= 0.6 is 23.2 Å². The van der Waals surface area contributed by atoms with E-state index in [1.165, 1.54) is 0 Å². The Morgan fingerprint density at radius 2 is 1.86 bits per heavy atom. The fourth-order valence-corrected chi connectivity index (χ4v) is 4.70. The zero-order valence-corrected chi connectivity index (χ0v) is 22.2. The Bertz CT molecular complexity index is 1440. The molecule has 5 rings (SSSR count). The van der Waals surface area contributed by atoms with Gasteiger partial charge in [0, 0.05) is 48.3 Å². The second-order valence-electron chi connectivity index (χ2n) is 9.12. The van der Waals surface area contributed by atoms with Crippen molar-refractivity contribution in [3.63, 3.8) is 0 Å². The summed E-state index contributed by atoms with van der Waals surface area (Å²) in [5.74, 6) is 0.528. The van der Waals surface area contributed by atoms with Gasteiger partial charge in [-0.05, 0) is 57.8 Å². The van der Waals surface area contributed by atoms with E-state index in [-0.39, 0.29) is 5.91 Å². The number of benzene rings is 1. The van der Waals surface area contributed by atoms with Crippen LogP contribution in [0.15, 0.2) is 55.1 Å². The number of halogens is 2. The van der Waals surface area contributed by atoms with E-state index in [9.17, 15) is 4.79 Å².